The summed E-state index contributed by atoms with van der Waals surface area (Å²) in [5.74, 6) is 0.366. The zero-order chi connectivity index (χ0) is 12.0. The van der Waals surface area contributed by atoms with Crippen LogP contribution in [0.1, 0.15) is 13.8 Å². The molecule has 1 aromatic carbocycles. The van der Waals surface area contributed by atoms with E-state index in [0.717, 1.165) is 0 Å². The topological polar surface area (TPSA) is 70.8 Å². The molecule has 2 N–H and O–H groups in total. The van der Waals surface area contributed by atoms with E-state index < -0.39 is 7.82 Å². The predicted molar refractivity (Wildman–Crippen MR) is 62.3 cm³/mol. The molecule has 1 aromatic rings. The average Bonchev–Trinajstić information content (AvgIpc) is 2.17. The molecule has 0 aliphatic rings. The second kappa shape index (κ2) is 5.89. The quantitative estimate of drug-likeness (QED) is 0.616. The van der Waals surface area contributed by atoms with E-state index in [1.54, 1.807) is 38.1 Å². The lowest BCUT2D eigenvalue weighted by Gasteiger charge is -2.17. The van der Waals surface area contributed by atoms with Crippen molar-refractivity contribution in [2.45, 2.75) is 13.8 Å². The Hall–Kier alpha value is -1.03. The lowest BCUT2D eigenvalue weighted by atomic mass is 10.3. The number of hydrogen-bond donors (Lipinski definition) is 1. The van der Waals surface area contributed by atoms with E-state index in [4.69, 9.17) is 19.3 Å². The summed E-state index contributed by atoms with van der Waals surface area (Å²) in [5.41, 5.74) is 6.10. The molecule has 0 aliphatic carbocycles. The number of benzene rings is 1. The van der Waals surface area contributed by atoms with Crippen LogP contribution in [-0.2, 0) is 13.6 Å². The van der Waals surface area contributed by atoms with Crippen molar-refractivity contribution in [3.05, 3.63) is 24.3 Å². The van der Waals surface area contributed by atoms with Gasteiger partial charge in [-0.25, -0.2) is 4.57 Å². The van der Waals surface area contributed by atoms with Crippen LogP contribution in [0.3, 0.4) is 0 Å². The van der Waals surface area contributed by atoms with Crippen LogP contribution in [0, 0.1) is 0 Å². The van der Waals surface area contributed by atoms with Gasteiger partial charge in [0.05, 0.1) is 13.2 Å². The Bertz CT molecular complexity index is 373. The highest BCUT2D eigenvalue weighted by molar-refractivity contribution is 7.48. The van der Waals surface area contributed by atoms with E-state index in [1.807, 2.05) is 0 Å². The van der Waals surface area contributed by atoms with Crippen molar-refractivity contribution in [3.63, 3.8) is 0 Å². The fourth-order valence-electron chi connectivity index (χ4n) is 1.11. The largest absolute Gasteiger partial charge is 0.530 e. The summed E-state index contributed by atoms with van der Waals surface area (Å²) >= 11 is 0. The zero-order valence-corrected chi connectivity index (χ0v) is 10.3. The molecule has 0 radical (unpaired) electrons. The van der Waals surface area contributed by atoms with Gasteiger partial charge in [0.15, 0.2) is 0 Å². The third kappa shape index (κ3) is 3.85. The van der Waals surface area contributed by atoms with Crippen molar-refractivity contribution < 1.29 is 18.1 Å². The summed E-state index contributed by atoms with van der Waals surface area (Å²) in [6.07, 6.45) is 0. The Morgan fingerprint density at radius 1 is 1.25 bits per heavy atom. The first kappa shape index (κ1) is 13.0. The normalized spacial score (nSPS) is 11.4. The fraction of sp³-hybridized carbons (Fsp3) is 0.400. The maximum atomic E-state index is 12.0. The molecule has 0 saturated heterocycles. The van der Waals surface area contributed by atoms with Crippen LogP contribution >= 0.6 is 7.82 Å². The van der Waals surface area contributed by atoms with Crippen molar-refractivity contribution in [3.8, 4) is 5.75 Å². The minimum atomic E-state index is -3.52. The first-order valence-corrected chi connectivity index (χ1v) is 6.50. The van der Waals surface area contributed by atoms with Crippen molar-refractivity contribution in [2.24, 2.45) is 0 Å². The molecule has 0 aromatic heterocycles. The maximum Gasteiger partial charge on any atom is 0.530 e. The van der Waals surface area contributed by atoms with Gasteiger partial charge in [0.2, 0.25) is 0 Å². The van der Waals surface area contributed by atoms with Gasteiger partial charge in [-0.2, -0.15) is 0 Å². The van der Waals surface area contributed by atoms with Crippen molar-refractivity contribution >= 4 is 13.5 Å². The smallest absolute Gasteiger partial charge is 0.404 e. The number of phosphoric ester groups is 1. The highest BCUT2D eigenvalue weighted by atomic mass is 31.2. The Morgan fingerprint density at radius 3 is 2.38 bits per heavy atom. The number of phosphoric acid groups is 1. The minimum Gasteiger partial charge on any atom is -0.404 e. The van der Waals surface area contributed by atoms with Gasteiger partial charge in [-0.05, 0) is 26.0 Å². The highest BCUT2D eigenvalue weighted by Gasteiger charge is 2.27. The van der Waals surface area contributed by atoms with E-state index in [9.17, 15) is 4.57 Å². The molecular weight excluding hydrogens is 229 g/mol. The van der Waals surface area contributed by atoms with Gasteiger partial charge in [-0.15, -0.1) is 0 Å². The monoisotopic (exact) mass is 245 g/mol. The lowest BCUT2D eigenvalue weighted by molar-refractivity contribution is 0.167. The molecule has 0 unspecified atom stereocenters. The lowest BCUT2D eigenvalue weighted by Crippen LogP contribution is -2.02. The Morgan fingerprint density at radius 2 is 1.88 bits per heavy atom. The van der Waals surface area contributed by atoms with Crippen molar-refractivity contribution in [2.75, 3.05) is 18.9 Å². The molecule has 0 amide bonds. The molecule has 5 nitrogen and oxygen atoms in total. The second-order valence-corrected chi connectivity index (χ2v) is 4.54. The molecule has 0 bridgehead atoms. The Balaban J connectivity index is 2.79. The molecule has 0 fully saturated rings. The molecular formula is C10H16NO4P. The van der Waals surface area contributed by atoms with Crippen LogP contribution < -0.4 is 10.3 Å². The zero-order valence-electron chi connectivity index (χ0n) is 9.38. The molecule has 1 rings (SSSR count). The summed E-state index contributed by atoms with van der Waals surface area (Å²) in [7, 11) is -3.52. The predicted octanol–water partition coefficient (Wildman–Crippen LogP) is 2.83. The first-order valence-electron chi connectivity index (χ1n) is 5.04. The van der Waals surface area contributed by atoms with Crippen molar-refractivity contribution in [1.29, 1.82) is 0 Å². The van der Waals surface area contributed by atoms with Gasteiger partial charge in [0.25, 0.3) is 0 Å². The van der Waals surface area contributed by atoms with Gasteiger partial charge in [-0.1, -0.05) is 6.07 Å². The Labute approximate surface area is 95.1 Å². The average molecular weight is 245 g/mol. The summed E-state index contributed by atoms with van der Waals surface area (Å²) in [6.45, 7) is 3.93. The van der Waals surface area contributed by atoms with Crippen molar-refractivity contribution in [1.82, 2.24) is 0 Å². The molecule has 0 spiro atoms. The number of nitrogen functional groups attached to an aromatic ring is 1. The van der Waals surface area contributed by atoms with E-state index in [2.05, 4.69) is 0 Å². The summed E-state index contributed by atoms with van der Waals surface area (Å²) in [4.78, 5) is 0. The molecule has 6 heteroatoms. The molecule has 0 saturated carbocycles. The summed E-state index contributed by atoms with van der Waals surface area (Å²) in [5, 5.41) is 0. The second-order valence-electron chi connectivity index (χ2n) is 2.95. The maximum absolute atomic E-state index is 12.0. The van der Waals surface area contributed by atoms with Crippen LogP contribution in [0.15, 0.2) is 24.3 Å². The van der Waals surface area contributed by atoms with Gasteiger partial charge < -0.3 is 10.3 Å². The summed E-state index contributed by atoms with van der Waals surface area (Å²) < 4.78 is 27.1. The number of anilines is 1. The van der Waals surface area contributed by atoms with Crippen LogP contribution in [0.4, 0.5) is 5.69 Å². The van der Waals surface area contributed by atoms with Crippen LogP contribution in [0.25, 0.3) is 0 Å². The van der Waals surface area contributed by atoms with Crippen LogP contribution in [0.2, 0.25) is 0 Å². The van der Waals surface area contributed by atoms with Gasteiger partial charge in [0.1, 0.15) is 5.75 Å². The third-order valence-electron chi connectivity index (χ3n) is 1.65. The molecule has 0 atom stereocenters. The van der Waals surface area contributed by atoms with Crippen LogP contribution in [0.5, 0.6) is 5.75 Å². The van der Waals surface area contributed by atoms with E-state index in [0.29, 0.717) is 11.4 Å². The number of rotatable bonds is 6. The van der Waals surface area contributed by atoms with E-state index >= 15 is 0 Å². The Kier molecular flexibility index (Phi) is 4.80. The molecule has 0 aliphatic heterocycles. The molecule has 0 heterocycles. The standard InChI is InChI=1S/C10H16NO4P/c1-3-13-16(12,14-4-2)15-10-7-5-6-9(11)8-10/h5-8H,3-4,11H2,1-2H3. The van der Waals surface area contributed by atoms with Gasteiger partial charge in [-0.3, -0.25) is 9.05 Å². The third-order valence-corrected chi connectivity index (χ3v) is 3.23. The minimum absolute atomic E-state index is 0.250. The highest BCUT2D eigenvalue weighted by Crippen LogP contribution is 2.49. The van der Waals surface area contributed by atoms with Crippen LogP contribution in [-0.4, -0.2) is 13.2 Å². The van der Waals surface area contributed by atoms with E-state index in [1.165, 1.54) is 0 Å². The summed E-state index contributed by atoms with van der Waals surface area (Å²) in [6, 6.07) is 6.61. The van der Waals surface area contributed by atoms with E-state index in [-0.39, 0.29) is 13.2 Å². The first-order chi connectivity index (χ1) is 7.59. The molecule has 16 heavy (non-hydrogen) atoms. The SMILES string of the molecule is CCOP(=O)(OCC)Oc1cccc(N)c1. The number of hydrogen-bond acceptors (Lipinski definition) is 5. The number of nitrogens with two attached hydrogens (primary N) is 1. The van der Waals surface area contributed by atoms with Gasteiger partial charge in [0, 0.05) is 11.8 Å². The van der Waals surface area contributed by atoms with Gasteiger partial charge >= 0.3 is 7.82 Å². The molecule has 90 valence electrons. The fourth-order valence-corrected chi connectivity index (χ4v) is 2.29.